The Kier molecular flexibility index (Phi) is 5.84. The van der Waals surface area contributed by atoms with Crippen molar-refractivity contribution in [2.45, 2.75) is 47.5 Å². The van der Waals surface area contributed by atoms with Gasteiger partial charge in [0.05, 0.1) is 7.11 Å². The predicted octanol–water partition coefficient (Wildman–Crippen LogP) is 7.21. The minimum atomic E-state index is 0.0939. The third kappa shape index (κ3) is 5.26. The van der Waals surface area contributed by atoms with Crippen molar-refractivity contribution in [3.63, 3.8) is 0 Å². The van der Waals surface area contributed by atoms with E-state index in [1.807, 2.05) is 24.3 Å². The molecule has 0 radical (unpaired) electrons. The second-order valence-electron chi connectivity index (χ2n) is 9.64. The number of rotatable bonds is 5. The highest BCUT2D eigenvalue weighted by atomic mass is 16.5. The fourth-order valence-corrected chi connectivity index (χ4v) is 4.67. The van der Waals surface area contributed by atoms with Gasteiger partial charge in [0.25, 0.3) is 0 Å². The molecule has 0 unspecified atom stereocenters. The Hall–Kier alpha value is -2.61. The van der Waals surface area contributed by atoms with Crippen LogP contribution in [0.1, 0.15) is 68.9 Å². The van der Waals surface area contributed by atoms with Crippen LogP contribution in [0.5, 0.6) is 5.75 Å². The maximum absolute atomic E-state index is 11.7. The molecule has 0 saturated carbocycles. The van der Waals surface area contributed by atoms with Crippen LogP contribution in [0.2, 0.25) is 0 Å². The molecular weight excluding hydrogens is 356 g/mol. The Balaban J connectivity index is 2.11. The normalized spacial score (nSPS) is 18.1. The summed E-state index contributed by atoms with van der Waals surface area (Å²) in [6.45, 7) is 10.9. The lowest BCUT2D eigenvalue weighted by Crippen LogP contribution is -2.27. The van der Waals surface area contributed by atoms with E-state index in [2.05, 4.69) is 64.1 Å². The van der Waals surface area contributed by atoms with Crippen molar-refractivity contribution in [2.24, 2.45) is 10.8 Å². The SMILES string of the molecule is COc1ccc(/C=C(/C2=CC(C)(C)CC(C)(C)C2)c2ccc(C(C)=O)cc2)cc1. The van der Waals surface area contributed by atoms with E-state index in [1.165, 1.54) is 17.6 Å². The Bertz CT molecular complexity index is 939. The van der Waals surface area contributed by atoms with Crippen molar-refractivity contribution in [3.8, 4) is 5.75 Å². The summed E-state index contributed by atoms with van der Waals surface area (Å²) in [5, 5.41) is 0. The maximum Gasteiger partial charge on any atom is 0.159 e. The van der Waals surface area contributed by atoms with Crippen LogP contribution >= 0.6 is 0 Å². The molecule has 1 aliphatic rings. The second kappa shape index (κ2) is 8.02. The van der Waals surface area contributed by atoms with Crippen LogP contribution in [0.25, 0.3) is 11.6 Å². The van der Waals surface area contributed by atoms with Crippen molar-refractivity contribution in [2.75, 3.05) is 7.11 Å². The van der Waals surface area contributed by atoms with Gasteiger partial charge in [-0.15, -0.1) is 0 Å². The molecule has 0 saturated heterocycles. The molecule has 2 aromatic carbocycles. The Morgan fingerprint density at radius 3 is 2.03 bits per heavy atom. The molecule has 152 valence electrons. The number of methoxy groups -OCH3 is 1. The molecule has 0 atom stereocenters. The van der Waals surface area contributed by atoms with E-state index >= 15 is 0 Å². The van der Waals surface area contributed by atoms with Gasteiger partial charge in [-0.25, -0.2) is 0 Å². The van der Waals surface area contributed by atoms with E-state index in [1.54, 1.807) is 14.0 Å². The van der Waals surface area contributed by atoms with E-state index in [4.69, 9.17) is 4.74 Å². The summed E-state index contributed by atoms with van der Waals surface area (Å²) < 4.78 is 5.30. The quantitative estimate of drug-likeness (QED) is 0.399. The van der Waals surface area contributed by atoms with Gasteiger partial charge in [-0.05, 0) is 71.1 Å². The highest BCUT2D eigenvalue weighted by molar-refractivity contribution is 5.96. The van der Waals surface area contributed by atoms with Crippen LogP contribution in [0.3, 0.4) is 0 Å². The van der Waals surface area contributed by atoms with Crippen LogP contribution < -0.4 is 4.74 Å². The molecule has 0 spiro atoms. The standard InChI is InChI=1S/C27H32O2/c1-19(28)21-9-11-22(12-10-21)25(15-20-7-13-24(29-6)14-8-20)23-16-26(2,3)18-27(4,5)17-23/h7-16H,17-18H2,1-6H3/b25-15+. The van der Waals surface area contributed by atoms with Gasteiger partial charge in [0.2, 0.25) is 0 Å². The van der Waals surface area contributed by atoms with Crippen molar-refractivity contribution >= 4 is 17.4 Å². The highest BCUT2D eigenvalue weighted by Crippen LogP contribution is 2.48. The molecule has 2 heteroatoms. The zero-order valence-electron chi connectivity index (χ0n) is 18.5. The monoisotopic (exact) mass is 388 g/mol. The smallest absolute Gasteiger partial charge is 0.159 e. The molecule has 0 aliphatic heterocycles. The summed E-state index contributed by atoms with van der Waals surface area (Å²) in [7, 11) is 1.68. The van der Waals surface area contributed by atoms with Crippen molar-refractivity contribution in [3.05, 3.63) is 76.9 Å². The van der Waals surface area contributed by atoms with Gasteiger partial charge in [-0.3, -0.25) is 4.79 Å². The third-order valence-electron chi connectivity index (χ3n) is 5.54. The van der Waals surface area contributed by atoms with Crippen LogP contribution in [0, 0.1) is 10.8 Å². The average molecular weight is 389 g/mol. The van der Waals surface area contributed by atoms with Crippen LogP contribution in [0.4, 0.5) is 0 Å². The van der Waals surface area contributed by atoms with E-state index in [9.17, 15) is 4.79 Å². The van der Waals surface area contributed by atoms with Gasteiger partial charge in [0.15, 0.2) is 5.78 Å². The molecule has 1 aliphatic carbocycles. The fourth-order valence-electron chi connectivity index (χ4n) is 4.67. The average Bonchev–Trinajstić information content (AvgIpc) is 2.64. The number of allylic oxidation sites excluding steroid dienone is 3. The molecule has 0 N–H and O–H groups in total. The first kappa shape index (κ1) is 21.1. The van der Waals surface area contributed by atoms with Gasteiger partial charge in [0, 0.05) is 5.56 Å². The summed E-state index contributed by atoms with van der Waals surface area (Å²) in [5.74, 6) is 0.949. The summed E-state index contributed by atoms with van der Waals surface area (Å²) in [6, 6.07) is 16.2. The zero-order valence-corrected chi connectivity index (χ0v) is 18.5. The van der Waals surface area contributed by atoms with Gasteiger partial charge in [-0.1, -0.05) is 70.2 Å². The van der Waals surface area contributed by atoms with Crippen molar-refractivity contribution in [1.82, 2.24) is 0 Å². The lowest BCUT2D eigenvalue weighted by molar-refractivity contribution is 0.101. The number of ether oxygens (including phenoxy) is 1. The predicted molar refractivity (Wildman–Crippen MR) is 122 cm³/mol. The first-order valence-corrected chi connectivity index (χ1v) is 10.3. The number of carbonyl (C=O) groups excluding carboxylic acids is 1. The molecule has 0 aromatic heterocycles. The lowest BCUT2D eigenvalue weighted by Gasteiger charge is -2.40. The van der Waals surface area contributed by atoms with Crippen LogP contribution in [0.15, 0.2) is 60.2 Å². The Morgan fingerprint density at radius 1 is 0.931 bits per heavy atom. The minimum absolute atomic E-state index is 0.0939. The molecule has 29 heavy (non-hydrogen) atoms. The van der Waals surface area contributed by atoms with Gasteiger partial charge >= 0.3 is 0 Å². The Morgan fingerprint density at radius 2 is 1.52 bits per heavy atom. The molecule has 3 rings (SSSR count). The molecular formula is C27H32O2. The molecule has 0 bridgehead atoms. The van der Waals surface area contributed by atoms with Crippen molar-refractivity contribution in [1.29, 1.82) is 0 Å². The summed E-state index contributed by atoms with van der Waals surface area (Å²) in [5.41, 5.74) is 6.02. The summed E-state index contributed by atoms with van der Waals surface area (Å²) in [6.07, 6.45) is 6.90. The number of benzene rings is 2. The molecule has 0 fully saturated rings. The maximum atomic E-state index is 11.7. The van der Waals surface area contributed by atoms with Gasteiger partial charge < -0.3 is 4.74 Å². The molecule has 0 heterocycles. The first-order chi connectivity index (χ1) is 13.6. The van der Waals surface area contributed by atoms with Gasteiger partial charge in [-0.2, -0.15) is 0 Å². The second-order valence-corrected chi connectivity index (χ2v) is 9.64. The fraction of sp³-hybridized carbons (Fsp3) is 0.370. The third-order valence-corrected chi connectivity index (χ3v) is 5.54. The van der Waals surface area contributed by atoms with E-state index in [-0.39, 0.29) is 16.6 Å². The Labute approximate surface area is 175 Å². The van der Waals surface area contributed by atoms with Crippen LogP contribution in [-0.4, -0.2) is 12.9 Å². The topological polar surface area (TPSA) is 26.3 Å². The number of carbonyl (C=O) groups is 1. The largest absolute Gasteiger partial charge is 0.497 e. The number of hydrogen-bond donors (Lipinski definition) is 0. The number of Topliss-reactive ketones (excluding diaryl/α,β-unsaturated/α-hetero) is 1. The first-order valence-electron chi connectivity index (χ1n) is 10.3. The molecule has 2 nitrogen and oxygen atoms in total. The van der Waals surface area contributed by atoms with Crippen LogP contribution in [-0.2, 0) is 0 Å². The highest BCUT2D eigenvalue weighted by Gasteiger charge is 2.34. The van der Waals surface area contributed by atoms with E-state index in [0.29, 0.717) is 0 Å². The van der Waals surface area contributed by atoms with Crippen molar-refractivity contribution < 1.29 is 9.53 Å². The zero-order chi connectivity index (χ0) is 21.2. The number of hydrogen-bond acceptors (Lipinski definition) is 2. The molecule has 0 amide bonds. The minimum Gasteiger partial charge on any atom is -0.497 e. The summed E-state index contributed by atoms with van der Waals surface area (Å²) >= 11 is 0. The number of ketones is 1. The van der Waals surface area contributed by atoms with E-state index < -0.39 is 0 Å². The lowest BCUT2D eigenvalue weighted by atomic mass is 9.65. The van der Waals surface area contributed by atoms with E-state index in [0.717, 1.165) is 28.9 Å². The summed E-state index contributed by atoms with van der Waals surface area (Å²) in [4.78, 5) is 11.7. The molecule has 2 aromatic rings. The van der Waals surface area contributed by atoms with Gasteiger partial charge in [0.1, 0.15) is 5.75 Å².